The minimum Gasteiger partial charge on any atom is -0.237 e. The molecule has 0 aliphatic rings. The van der Waals surface area contributed by atoms with Gasteiger partial charge in [-0.1, -0.05) is 126 Å². The first kappa shape index (κ1) is 42.2. The van der Waals surface area contributed by atoms with Crippen molar-refractivity contribution in [2.45, 2.75) is 83.1 Å². The highest BCUT2D eigenvalue weighted by Crippen LogP contribution is 2.08. The summed E-state index contributed by atoms with van der Waals surface area (Å²) in [5.41, 5.74) is 1.76. The number of nitrogens with zero attached hydrogens (tertiary/aromatic N) is 6. The van der Waals surface area contributed by atoms with Crippen LogP contribution >= 0.6 is 0 Å². The Hall–Kier alpha value is -4.32. The Kier molecular flexibility index (Phi) is 33.0. The molecule has 6 aromatic rings. The summed E-state index contributed by atoms with van der Waals surface area (Å²) in [7, 11) is 0. The lowest BCUT2D eigenvalue weighted by molar-refractivity contribution is 1.05. The highest BCUT2D eigenvalue weighted by Gasteiger charge is 1.89. The van der Waals surface area contributed by atoms with Gasteiger partial charge in [0.15, 0.2) is 5.65 Å². The Morgan fingerprint density at radius 1 is 0.357 bits per heavy atom. The summed E-state index contributed by atoms with van der Waals surface area (Å²) in [4.78, 5) is 8.14. The van der Waals surface area contributed by atoms with E-state index in [1.54, 1.807) is 31.0 Å². The van der Waals surface area contributed by atoms with Crippen molar-refractivity contribution < 1.29 is 0 Å². The molecule has 0 saturated carbocycles. The van der Waals surface area contributed by atoms with Crippen LogP contribution in [-0.4, -0.2) is 30.4 Å². The maximum absolute atomic E-state index is 4.07. The van der Waals surface area contributed by atoms with E-state index in [1.165, 1.54) is 0 Å². The van der Waals surface area contributed by atoms with E-state index in [9.17, 15) is 0 Å². The number of benzene rings is 2. The van der Waals surface area contributed by atoms with Crippen molar-refractivity contribution in [2.75, 3.05) is 0 Å². The first-order chi connectivity index (χ1) is 20.9. The zero-order chi connectivity index (χ0) is 32.4. The summed E-state index contributed by atoms with van der Waals surface area (Å²) in [6.07, 6.45) is 8.71. The zero-order valence-corrected chi connectivity index (χ0v) is 28.1. The van der Waals surface area contributed by atoms with Crippen LogP contribution < -0.4 is 0 Å². The summed E-state index contributed by atoms with van der Waals surface area (Å²) in [6.45, 7) is 24.0. The van der Waals surface area contributed by atoms with Crippen LogP contribution in [0.2, 0.25) is 0 Å². The summed E-state index contributed by atoms with van der Waals surface area (Å²) in [5.74, 6) is 0. The quantitative estimate of drug-likeness (QED) is 0.181. The van der Waals surface area contributed by atoms with Gasteiger partial charge < -0.3 is 0 Å². The predicted octanol–water partition coefficient (Wildman–Crippen LogP) is 11.0. The lowest BCUT2D eigenvalue weighted by Crippen LogP contribution is -1.79. The van der Waals surface area contributed by atoms with Gasteiger partial charge in [0.1, 0.15) is 0 Å². The predicted molar refractivity (Wildman–Crippen MR) is 187 cm³/mol. The van der Waals surface area contributed by atoms with Crippen LogP contribution in [0.4, 0.5) is 0 Å². The van der Waals surface area contributed by atoms with Gasteiger partial charge in [0.25, 0.3) is 0 Å². The molecule has 6 rings (SSSR count). The largest absolute Gasteiger partial charge is 0.237 e. The third-order valence-electron chi connectivity index (χ3n) is 4.25. The number of rotatable bonds is 0. The van der Waals surface area contributed by atoms with Crippen molar-refractivity contribution in [1.82, 2.24) is 30.4 Å². The van der Waals surface area contributed by atoms with Crippen LogP contribution in [0.3, 0.4) is 0 Å². The zero-order valence-electron chi connectivity index (χ0n) is 28.1. The van der Waals surface area contributed by atoms with Gasteiger partial charge in [-0.2, -0.15) is 20.4 Å². The average molecular weight is 571 g/mol. The van der Waals surface area contributed by atoms with Crippen LogP contribution in [0.5, 0.6) is 0 Å². The maximum atomic E-state index is 4.07. The van der Waals surface area contributed by atoms with E-state index in [0.29, 0.717) is 0 Å². The fourth-order valence-electron chi connectivity index (χ4n) is 2.77. The molecule has 0 saturated heterocycles. The summed E-state index contributed by atoms with van der Waals surface area (Å²) in [6, 6.07) is 25.7. The SMILES string of the molecule is CC.CC.CC.CC.CC.CC.c1ccc2cnncc2c1.c1ccc2nnccc2c1.c1cnc2ncccc2c1. The van der Waals surface area contributed by atoms with Crippen LogP contribution in [0.1, 0.15) is 83.1 Å². The van der Waals surface area contributed by atoms with E-state index in [4.69, 9.17) is 0 Å². The molecule has 4 aromatic heterocycles. The van der Waals surface area contributed by atoms with E-state index in [2.05, 4.69) is 30.4 Å². The molecule has 0 aliphatic heterocycles. The van der Waals surface area contributed by atoms with Crippen molar-refractivity contribution in [1.29, 1.82) is 0 Å². The van der Waals surface area contributed by atoms with Crippen LogP contribution in [0.25, 0.3) is 32.7 Å². The molecule has 0 atom stereocenters. The van der Waals surface area contributed by atoms with Crippen LogP contribution in [-0.2, 0) is 0 Å². The van der Waals surface area contributed by atoms with Gasteiger partial charge in [0.05, 0.1) is 24.1 Å². The first-order valence-electron chi connectivity index (χ1n) is 15.4. The number of fused-ring (bicyclic) bond motifs is 3. The molecule has 0 fully saturated rings. The summed E-state index contributed by atoms with van der Waals surface area (Å²) < 4.78 is 0. The fourth-order valence-corrected chi connectivity index (χ4v) is 2.77. The van der Waals surface area contributed by atoms with Crippen molar-refractivity contribution in [3.05, 3.63) is 110 Å². The van der Waals surface area contributed by atoms with E-state index in [1.807, 2.05) is 162 Å². The molecule has 0 amide bonds. The Bertz CT molecular complexity index is 1010. The monoisotopic (exact) mass is 570 g/mol. The molecule has 42 heavy (non-hydrogen) atoms. The van der Waals surface area contributed by atoms with E-state index in [-0.39, 0.29) is 0 Å². The highest BCUT2D eigenvalue weighted by molar-refractivity contribution is 5.80. The molecule has 2 aromatic carbocycles. The highest BCUT2D eigenvalue weighted by atomic mass is 15.1. The smallest absolute Gasteiger partial charge is 0.159 e. The molecule has 228 valence electrons. The molecule has 4 heterocycles. The van der Waals surface area contributed by atoms with Gasteiger partial charge in [0.2, 0.25) is 0 Å². The molecular formula is C36H54N6. The third kappa shape index (κ3) is 17.4. The summed E-state index contributed by atoms with van der Waals surface area (Å²) >= 11 is 0. The number of pyridine rings is 2. The van der Waals surface area contributed by atoms with Gasteiger partial charge in [0, 0.05) is 33.9 Å². The van der Waals surface area contributed by atoms with Gasteiger partial charge >= 0.3 is 0 Å². The topological polar surface area (TPSA) is 77.3 Å². The molecule has 6 nitrogen and oxygen atoms in total. The van der Waals surface area contributed by atoms with Gasteiger partial charge in [-0.25, -0.2) is 9.97 Å². The second-order valence-corrected chi connectivity index (χ2v) is 6.26. The molecule has 0 bridgehead atoms. The summed E-state index contributed by atoms with van der Waals surface area (Å²) in [5, 5.41) is 19.7. The van der Waals surface area contributed by atoms with Gasteiger partial charge in [-0.05, 0) is 36.4 Å². The normalized spacial score (nSPS) is 8.00. The fraction of sp³-hybridized carbons (Fsp3) is 0.333. The maximum Gasteiger partial charge on any atom is 0.159 e. The standard InChI is InChI=1S/3C8H6N2.6C2H6/c1-3-7-4-2-6-10-8(7)9-5-1;1-2-4-8-6-10-9-5-7(8)3-1;1-2-4-8-7(3-1)5-6-9-10-8;6*1-2/h3*1-6H;6*1-2H3. The lowest BCUT2D eigenvalue weighted by atomic mass is 10.2. The van der Waals surface area contributed by atoms with Crippen LogP contribution in [0, 0.1) is 0 Å². The van der Waals surface area contributed by atoms with E-state index in [0.717, 1.165) is 32.7 Å². The Labute approximate surface area is 255 Å². The number of hydrogen-bond acceptors (Lipinski definition) is 6. The first-order valence-corrected chi connectivity index (χ1v) is 15.4. The van der Waals surface area contributed by atoms with Gasteiger partial charge in [-0.15, -0.1) is 0 Å². The Morgan fingerprint density at radius 2 is 0.762 bits per heavy atom. The molecule has 0 radical (unpaired) electrons. The van der Waals surface area contributed by atoms with Crippen molar-refractivity contribution in [2.24, 2.45) is 0 Å². The van der Waals surface area contributed by atoms with Gasteiger partial charge in [-0.3, -0.25) is 0 Å². The molecule has 0 unspecified atom stereocenters. The van der Waals surface area contributed by atoms with E-state index < -0.39 is 0 Å². The Morgan fingerprint density at radius 3 is 1.19 bits per heavy atom. The lowest BCUT2D eigenvalue weighted by Gasteiger charge is -1.90. The van der Waals surface area contributed by atoms with Crippen molar-refractivity contribution in [3.8, 4) is 0 Å². The van der Waals surface area contributed by atoms with Crippen molar-refractivity contribution in [3.63, 3.8) is 0 Å². The minimum absolute atomic E-state index is 0.810. The average Bonchev–Trinajstić information content (AvgIpc) is 3.14. The third-order valence-corrected chi connectivity index (χ3v) is 4.25. The van der Waals surface area contributed by atoms with E-state index >= 15 is 0 Å². The molecular weight excluding hydrogens is 516 g/mol. The second-order valence-electron chi connectivity index (χ2n) is 6.26. The molecule has 0 spiro atoms. The number of aromatic nitrogens is 6. The molecule has 0 aliphatic carbocycles. The van der Waals surface area contributed by atoms with Crippen LogP contribution in [0.15, 0.2) is 110 Å². The Balaban J connectivity index is -0.000000461. The number of hydrogen-bond donors (Lipinski definition) is 0. The second kappa shape index (κ2) is 32.9. The molecule has 6 heteroatoms. The molecule has 0 N–H and O–H groups in total. The minimum atomic E-state index is 0.810. The van der Waals surface area contributed by atoms with Crippen molar-refractivity contribution >= 4 is 32.7 Å².